The molecule has 126 valence electrons. The van der Waals surface area contributed by atoms with Gasteiger partial charge in [0.2, 0.25) is 5.91 Å². The first kappa shape index (κ1) is 18.4. The summed E-state index contributed by atoms with van der Waals surface area (Å²) in [6.45, 7) is 8.82. The van der Waals surface area contributed by atoms with Crippen molar-refractivity contribution < 1.29 is 4.79 Å². The van der Waals surface area contributed by atoms with Gasteiger partial charge in [-0.2, -0.15) is 0 Å². The van der Waals surface area contributed by atoms with Gasteiger partial charge in [-0.05, 0) is 26.3 Å². The SMILES string of the molecule is Cc1sc2ncnc(SCC(=O)N3CCNC[C@@H]3C)c2c1C.Cl. The summed E-state index contributed by atoms with van der Waals surface area (Å²) >= 11 is 3.21. The van der Waals surface area contributed by atoms with Crippen LogP contribution in [0.5, 0.6) is 0 Å². The molecule has 2 aromatic heterocycles. The zero-order valence-electron chi connectivity index (χ0n) is 13.5. The van der Waals surface area contributed by atoms with Gasteiger partial charge in [-0.1, -0.05) is 11.8 Å². The predicted molar refractivity (Wildman–Crippen MR) is 98.9 cm³/mol. The van der Waals surface area contributed by atoms with Crippen LogP contribution in [0.4, 0.5) is 0 Å². The van der Waals surface area contributed by atoms with Crippen LogP contribution < -0.4 is 5.32 Å². The number of aromatic nitrogens is 2. The number of fused-ring (bicyclic) bond motifs is 1. The lowest BCUT2D eigenvalue weighted by Gasteiger charge is -2.33. The number of piperazine rings is 1. The maximum Gasteiger partial charge on any atom is 0.233 e. The molecule has 5 nitrogen and oxygen atoms in total. The number of thioether (sulfide) groups is 1. The third-order valence-corrected chi connectivity index (χ3v) is 6.17. The second kappa shape index (κ2) is 7.79. The molecule has 0 aliphatic carbocycles. The van der Waals surface area contributed by atoms with E-state index in [0.717, 1.165) is 34.9 Å². The molecule has 1 aliphatic rings. The topological polar surface area (TPSA) is 58.1 Å². The van der Waals surface area contributed by atoms with Gasteiger partial charge in [0.05, 0.1) is 5.75 Å². The van der Waals surface area contributed by atoms with Crippen LogP contribution in [-0.2, 0) is 4.79 Å². The first-order valence-corrected chi connectivity index (χ1v) is 9.22. The van der Waals surface area contributed by atoms with E-state index in [1.165, 1.54) is 22.2 Å². The number of nitrogens with one attached hydrogen (secondary N) is 1. The number of carbonyl (C=O) groups is 1. The fraction of sp³-hybridized carbons (Fsp3) is 0.533. The summed E-state index contributed by atoms with van der Waals surface area (Å²) in [6.07, 6.45) is 1.60. The summed E-state index contributed by atoms with van der Waals surface area (Å²) in [5.74, 6) is 0.625. The summed E-state index contributed by atoms with van der Waals surface area (Å²) < 4.78 is 0. The fourth-order valence-corrected chi connectivity index (χ4v) is 4.69. The molecule has 0 spiro atoms. The summed E-state index contributed by atoms with van der Waals surface area (Å²) in [7, 11) is 0. The molecule has 1 atom stereocenters. The van der Waals surface area contributed by atoms with Gasteiger partial charge < -0.3 is 10.2 Å². The van der Waals surface area contributed by atoms with Crippen molar-refractivity contribution in [2.24, 2.45) is 0 Å². The molecule has 3 rings (SSSR count). The van der Waals surface area contributed by atoms with Crippen molar-refractivity contribution in [3.05, 3.63) is 16.8 Å². The van der Waals surface area contributed by atoms with Crippen LogP contribution in [-0.4, -0.2) is 52.2 Å². The highest BCUT2D eigenvalue weighted by atomic mass is 35.5. The highest BCUT2D eigenvalue weighted by molar-refractivity contribution is 8.00. The van der Waals surface area contributed by atoms with Crippen LogP contribution in [0.3, 0.4) is 0 Å². The number of hydrogen-bond donors (Lipinski definition) is 1. The number of aryl methyl sites for hydroxylation is 2. The molecule has 0 saturated carbocycles. The fourth-order valence-electron chi connectivity index (χ4n) is 2.68. The molecule has 1 amide bonds. The van der Waals surface area contributed by atoms with Gasteiger partial charge in [0.25, 0.3) is 0 Å². The third kappa shape index (κ3) is 3.79. The Balaban J connectivity index is 0.00000192. The van der Waals surface area contributed by atoms with E-state index < -0.39 is 0 Å². The molecule has 0 radical (unpaired) electrons. The Kier molecular flexibility index (Phi) is 6.25. The average Bonchev–Trinajstić information content (AvgIpc) is 2.81. The lowest BCUT2D eigenvalue weighted by atomic mass is 10.2. The minimum absolute atomic E-state index is 0. The van der Waals surface area contributed by atoms with Crippen molar-refractivity contribution >= 4 is 51.6 Å². The molecular weight excluding hydrogens is 352 g/mol. The van der Waals surface area contributed by atoms with Crippen molar-refractivity contribution in [2.75, 3.05) is 25.4 Å². The lowest BCUT2D eigenvalue weighted by Crippen LogP contribution is -2.52. The van der Waals surface area contributed by atoms with Gasteiger partial charge in [-0.25, -0.2) is 9.97 Å². The molecule has 1 N–H and O–H groups in total. The molecule has 2 aromatic rings. The highest BCUT2D eigenvalue weighted by Gasteiger charge is 2.23. The highest BCUT2D eigenvalue weighted by Crippen LogP contribution is 2.34. The number of nitrogens with zero attached hydrogens (tertiary/aromatic N) is 3. The number of hydrogen-bond acceptors (Lipinski definition) is 6. The van der Waals surface area contributed by atoms with E-state index in [9.17, 15) is 4.79 Å². The van der Waals surface area contributed by atoms with E-state index in [1.807, 2.05) is 4.90 Å². The standard InChI is InChI=1S/C15H20N4OS2.ClH/c1-9-6-16-4-5-19(9)12(20)7-21-14-13-10(2)11(3)22-15(13)18-8-17-14;/h8-9,16H,4-7H2,1-3H3;1H/t9-;/m0./s1. The minimum atomic E-state index is 0. The number of carbonyl (C=O) groups excluding carboxylic acids is 1. The molecule has 1 fully saturated rings. The first-order valence-electron chi connectivity index (χ1n) is 7.41. The molecule has 0 unspecified atom stereocenters. The zero-order chi connectivity index (χ0) is 15.7. The monoisotopic (exact) mass is 372 g/mol. The van der Waals surface area contributed by atoms with Crippen molar-refractivity contribution in [3.63, 3.8) is 0 Å². The van der Waals surface area contributed by atoms with Crippen LogP contribution >= 0.6 is 35.5 Å². The number of thiophene rings is 1. The van der Waals surface area contributed by atoms with E-state index in [1.54, 1.807) is 17.7 Å². The van der Waals surface area contributed by atoms with Gasteiger partial charge in [0.15, 0.2) is 0 Å². The number of rotatable bonds is 3. The Morgan fingerprint density at radius 1 is 1.48 bits per heavy atom. The van der Waals surface area contributed by atoms with E-state index in [-0.39, 0.29) is 24.4 Å². The van der Waals surface area contributed by atoms with Crippen LogP contribution in [0.25, 0.3) is 10.2 Å². The Labute approximate surface area is 150 Å². The quantitative estimate of drug-likeness (QED) is 0.663. The Bertz CT molecular complexity index is 706. The smallest absolute Gasteiger partial charge is 0.233 e. The van der Waals surface area contributed by atoms with Crippen LogP contribution in [0, 0.1) is 13.8 Å². The van der Waals surface area contributed by atoms with E-state index in [0.29, 0.717) is 5.75 Å². The third-order valence-electron chi connectivity index (χ3n) is 4.08. The van der Waals surface area contributed by atoms with Crippen molar-refractivity contribution in [3.8, 4) is 0 Å². The molecular formula is C15H21ClN4OS2. The first-order chi connectivity index (χ1) is 10.6. The summed E-state index contributed by atoms with van der Waals surface area (Å²) in [4.78, 5) is 25.4. The van der Waals surface area contributed by atoms with Crippen LogP contribution in [0.15, 0.2) is 11.4 Å². The minimum Gasteiger partial charge on any atom is -0.337 e. The summed E-state index contributed by atoms with van der Waals surface area (Å²) in [5, 5.41) is 5.33. The molecule has 23 heavy (non-hydrogen) atoms. The molecule has 0 aromatic carbocycles. The van der Waals surface area contributed by atoms with E-state index in [2.05, 4.69) is 36.1 Å². The van der Waals surface area contributed by atoms with E-state index in [4.69, 9.17) is 0 Å². The van der Waals surface area contributed by atoms with Crippen LogP contribution in [0.1, 0.15) is 17.4 Å². The second-order valence-electron chi connectivity index (χ2n) is 5.57. The van der Waals surface area contributed by atoms with Gasteiger partial charge in [0, 0.05) is 35.9 Å². The summed E-state index contributed by atoms with van der Waals surface area (Å²) in [6, 6.07) is 0.261. The van der Waals surface area contributed by atoms with Gasteiger partial charge in [-0.15, -0.1) is 23.7 Å². The average molecular weight is 373 g/mol. The Hall–Kier alpha value is -0.890. The van der Waals surface area contributed by atoms with Gasteiger partial charge >= 0.3 is 0 Å². The molecule has 1 aliphatic heterocycles. The van der Waals surface area contributed by atoms with Gasteiger partial charge in [-0.3, -0.25) is 4.79 Å². The van der Waals surface area contributed by atoms with Gasteiger partial charge in [0.1, 0.15) is 16.2 Å². The van der Waals surface area contributed by atoms with Crippen molar-refractivity contribution in [1.29, 1.82) is 0 Å². The predicted octanol–water partition coefficient (Wildman–Crippen LogP) is 2.64. The van der Waals surface area contributed by atoms with Crippen LogP contribution in [0.2, 0.25) is 0 Å². The molecule has 3 heterocycles. The van der Waals surface area contributed by atoms with Crippen molar-refractivity contribution in [1.82, 2.24) is 20.2 Å². The Morgan fingerprint density at radius 2 is 2.26 bits per heavy atom. The molecule has 1 saturated heterocycles. The maximum absolute atomic E-state index is 12.4. The number of amides is 1. The largest absolute Gasteiger partial charge is 0.337 e. The maximum atomic E-state index is 12.4. The summed E-state index contributed by atoms with van der Waals surface area (Å²) in [5.41, 5.74) is 1.23. The van der Waals surface area contributed by atoms with E-state index >= 15 is 0 Å². The lowest BCUT2D eigenvalue weighted by molar-refractivity contribution is -0.131. The normalized spacial score (nSPS) is 18.0. The molecule has 0 bridgehead atoms. The Morgan fingerprint density at radius 3 is 3.00 bits per heavy atom. The second-order valence-corrected chi connectivity index (χ2v) is 7.74. The number of halogens is 1. The zero-order valence-corrected chi connectivity index (χ0v) is 15.9. The van der Waals surface area contributed by atoms with Crippen molar-refractivity contribution in [2.45, 2.75) is 31.8 Å². The molecule has 8 heteroatoms.